The maximum absolute atomic E-state index is 12.3. The Balaban J connectivity index is 1.20. The molecule has 1 amide bonds. The van der Waals surface area contributed by atoms with E-state index in [2.05, 4.69) is 34.5 Å². The molecule has 1 aliphatic carbocycles. The molecule has 1 saturated heterocycles. The molecule has 4 nitrogen and oxygen atoms in total. The fraction of sp³-hybridized carbons (Fsp3) is 0.480. The molecule has 0 bridgehead atoms. The first-order chi connectivity index (χ1) is 14.2. The topological polar surface area (TPSA) is 41.6 Å². The smallest absolute Gasteiger partial charge is 0.224 e. The third-order valence-electron chi connectivity index (χ3n) is 6.62. The average Bonchev–Trinajstić information content (AvgIpc) is 2.78. The van der Waals surface area contributed by atoms with Crippen LogP contribution in [0.3, 0.4) is 0 Å². The van der Waals surface area contributed by atoms with Gasteiger partial charge in [0.1, 0.15) is 5.75 Å². The standard InChI is InChI=1S/C25H32N2O2/c1-29-24-8-4-7-22(18-24)26-25(28)12-9-19-13-15-27(16-14-19)23-11-10-20-5-2-3-6-21(20)17-23/h2-8,18-19,23H,9-17H2,1H3,(H,26,28)/t23-/m1/s1. The maximum atomic E-state index is 12.3. The molecule has 0 spiro atoms. The van der Waals surface area contributed by atoms with E-state index in [0.29, 0.717) is 18.4 Å². The van der Waals surface area contributed by atoms with Crippen LogP contribution in [0.5, 0.6) is 5.75 Å². The molecular weight excluding hydrogens is 360 g/mol. The van der Waals surface area contributed by atoms with Crippen molar-refractivity contribution in [3.8, 4) is 5.75 Å². The summed E-state index contributed by atoms with van der Waals surface area (Å²) in [4.78, 5) is 15.0. The zero-order chi connectivity index (χ0) is 20.1. The fourth-order valence-corrected chi connectivity index (χ4v) is 4.86. The summed E-state index contributed by atoms with van der Waals surface area (Å²) in [5, 5.41) is 3.00. The van der Waals surface area contributed by atoms with Gasteiger partial charge in [0.2, 0.25) is 5.91 Å². The number of nitrogens with zero attached hydrogens (tertiary/aromatic N) is 1. The molecule has 1 aliphatic heterocycles. The molecule has 1 atom stereocenters. The van der Waals surface area contributed by atoms with Crippen LogP contribution in [0.4, 0.5) is 5.69 Å². The summed E-state index contributed by atoms with van der Waals surface area (Å²) < 4.78 is 5.22. The van der Waals surface area contributed by atoms with Gasteiger partial charge in [0, 0.05) is 24.2 Å². The number of hydrogen-bond donors (Lipinski definition) is 1. The lowest BCUT2D eigenvalue weighted by Gasteiger charge is -2.39. The molecule has 1 heterocycles. The molecule has 2 aromatic carbocycles. The van der Waals surface area contributed by atoms with Gasteiger partial charge in [0.15, 0.2) is 0 Å². The fourth-order valence-electron chi connectivity index (χ4n) is 4.86. The van der Waals surface area contributed by atoms with E-state index in [1.54, 1.807) is 18.2 Å². The van der Waals surface area contributed by atoms with Crippen LogP contribution < -0.4 is 10.1 Å². The van der Waals surface area contributed by atoms with Crippen molar-refractivity contribution in [2.24, 2.45) is 5.92 Å². The summed E-state index contributed by atoms with van der Waals surface area (Å²) in [5.41, 5.74) is 3.89. The van der Waals surface area contributed by atoms with E-state index in [-0.39, 0.29) is 5.91 Å². The van der Waals surface area contributed by atoms with E-state index >= 15 is 0 Å². The molecule has 4 heteroatoms. The van der Waals surface area contributed by atoms with Crippen LogP contribution in [-0.4, -0.2) is 37.0 Å². The Morgan fingerprint density at radius 2 is 1.86 bits per heavy atom. The van der Waals surface area contributed by atoms with Crippen LogP contribution in [0.2, 0.25) is 0 Å². The molecule has 0 radical (unpaired) electrons. The van der Waals surface area contributed by atoms with E-state index in [1.807, 2.05) is 24.3 Å². The Labute approximate surface area is 174 Å². The molecule has 4 rings (SSSR count). The quantitative estimate of drug-likeness (QED) is 0.776. The normalized spacial score (nSPS) is 20.1. The van der Waals surface area contributed by atoms with E-state index in [9.17, 15) is 4.79 Å². The molecule has 2 aliphatic rings. The average molecular weight is 393 g/mol. The molecule has 0 unspecified atom stereocenters. The van der Waals surface area contributed by atoms with Crippen molar-refractivity contribution in [2.75, 3.05) is 25.5 Å². The van der Waals surface area contributed by atoms with Gasteiger partial charge < -0.3 is 15.0 Å². The minimum Gasteiger partial charge on any atom is -0.497 e. The summed E-state index contributed by atoms with van der Waals surface area (Å²) in [7, 11) is 1.64. The number of nitrogens with one attached hydrogen (secondary N) is 1. The maximum Gasteiger partial charge on any atom is 0.224 e. The Morgan fingerprint density at radius 3 is 2.66 bits per heavy atom. The van der Waals surface area contributed by atoms with Crippen molar-refractivity contribution in [3.63, 3.8) is 0 Å². The zero-order valence-electron chi connectivity index (χ0n) is 17.4. The Morgan fingerprint density at radius 1 is 1.07 bits per heavy atom. The van der Waals surface area contributed by atoms with E-state index in [1.165, 1.54) is 45.2 Å². The summed E-state index contributed by atoms with van der Waals surface area (Å²) in [6, 6.07) is 17.2. The predicted molar refractivity (Wildman–Crippen MR) is 117 cm³/mol. The second-order valence-electron chi connectivity index (χ2n) is 8.46. The van der Waals surface area contributed by atoms with Crippen LogP contribution in [-0.2, 0) is 17.6 Å². The first-order valence-corrected chi connectivity index (χ1v) is 11.0. The number of hydrogen-bond acceptors (Lipinski definition) is 3. The van der Waals surface area contributed by atoms with E-state index < -0.39 is 0 Å². The number of benzene rings is 2. The Bertz CT molecular complexity index is 827. The largest absolute Gasteiger partial charge is 0.497 e. The summed E-state index contributed by atoms with van der Waals surface area (Å²) in [6.45, 7) is 2.35. The number of anilines is 1. The molecule has 1 fully saturated rings. The molecule has 0 aromatic heterocycles. The van der Waals surface area contributed by atoms with Crippen molar-refractivity contribution in [1.82, 2.24) is 4.90 Å². The van der Waals surface area contributed by atoms with Gasteiger partial charge >= 0.3 is 0 Å². The molecule has 0 saturated carbocycles. The SMILES string of the molecule is COc1cccc(NC(=O)CCC2CCN([C@@H]3CCc4ccccc4C3)CC2)c1. The van der Waals surface area contributed by atoms with Gasteiger partial charge in [0.25, 0.3) is 0 Å². The highest BCUT2D eigenvalue weighted by Gasteiger charge is 2.28. The highest BCUT2D eigenvalue weighted by atomic mass is 16.5. The predicted octanol–water partition coefficient (Wildman–Crippen LogP) is 4.68. The minimum atomic E-state index is 0.101. The van der Waals surface area contributed by atoms with Crippen LogP contribution in [0.15, 0.2) is 48.5 Å². The zero-order valence-corrected chi connectivity index (χ0v) is 17.4. The molecule has 1 N–H and O–H groups in total. The number of fused-ring (bicyclic) bond motifs is 1. The second kappa shape index (κ2) is 9.45. The number of ether oxygens (including phenoxy) is 1. The Kier molecular flexibility index (Phi) is 6.50. The molecule has 2 aromatic rings. The number of likely N-dealkylation sites (tertiary alicyclic amines) is 1. The lowest BCUT2D eigenvalue weighted by atomic mass is 9.85. The van der Waals surface area contributed by atoms with Crippen LogP contribution in [0, 0.1) is 5.92 Å². The number of carbonyl (C=O) groups excluding carboxylic acids is 1. The summed E-state index contributed by atoms with van der Waals surface area (Å²) in [6.07, 6.45) is 7.70. The van der Waals surface area contributed by atoms with Gasteiger partial charge in [-0.3, -0.25) is 4.79 Å². The number of aryl methyl sites for hydroxylation is 1. The third-order valence-corrected chi connectivity index (χ3v) is 6.62. The highest BCUT2D eigenvalue weighted by Crippen LogP contribution is 2.29. The van der Waals surface area contributed by atoms with Gasteiger partial charge in [-0.05, 0) is 80.8 Å². The van der Waals surface area contributed by atoms with Gasteiger partial charge in [-0.15, -0.1) is 0 Å². The Hall–Kier alpha value is -2.33. The lowest BCUT2D eigenvalue weighted by Crippen LogP contribution is -2.44. The molecular formula is C25H32N2O2. The number of rotatable bonds is 6. The first kappa shape index (κ1) is 20.0. The second-order valence-corrected chi connectivity index (χ2v) is 8.46. The number of amides is 1. The van der Waals surface area contributed by atoms with Crippen LogP contribution >= 0.6 is 0 Å². The van der Waals surface area contributed by atoms with Crippen LogP contribution in [0.1, 0.15) is 43.2 Å². The van der Waals surface area contributed by atoms with Crippen molar-refractivity contribution in [2.45, 2.75) is 51.0 Å². The summed E-state index contributed by atoms with van der Waals surface area (Å²) >= 11 is 0. The summed E-state index contributed by atoms with van der Waals surface area (Å²) in [5.74, 6) is 1.53. The van der Waals surface area contributed by atoms with Gasteiger partial charge in [-0.25, -0.2) is 0 Å². The highest BCUT2D eigenvalue weighted by molar-refractivity contribution is 5.90. The monoisotopic (exact) mass is 392 g/mol. The molecule has 154 valence electrons. The van der Waals surface area contributed by atoms with Crippen molar-refractivity contribution in [1.29, 1.82) is 0 Å². The van der Waals surface area contributed by atoms with Crippen molar-refractivity contribution in [3.05, 3.63) is 59.7 Å². The number of methoxy groups -OCH3 is 1. The molecule has 29 heavy (non-hydrogen) atoms. The van der Waals surface area contributed by atoms with Crippen molar-refractivity contribution < 1.29 is 9.53 Å². The number of carbonyl (C=O) groups is 1. The van der Waals surface area contributed by atoms with Gasteiger partial charge in [-0.1, -0.05) is 30.3 Å². The number of piperidine rings is 1. The lowest BCUT2D eigenvalue weighted by molar-refractivity contribution is -0.116. The van der Waals surface area contributed by atoms with E-state index in [0.717, 1.165) is 17.9 Å². The van der Waals surface area contributed by atoms with E-state index in [4.69, 9.17) is 4.74 Å². The third kappa shape index (κ3) is 5.18. The van der Waals surface area contributed by atoms with Crippen LogP contribution in [0.25, 0.3) is 0 Å². The van der Waals surface area contributed by atoms with Gasteiger partial charge in [-0.2, -0.15) is 0 Å². The minimum absolute atomic E-state index is 0.101. The first-order valence-electron chi connectivity index (χ1n) is 11.0. The van der Waals surface area contributed by atoms with Crippen molar-refractivity contribution >= 4 is 11.6 Å². The van der Waals surface area contributed by atoms with Gasteiger partial charge in [0.05, 0.1) is 7.11 Å².